The minimum atomic E-state index is -4.39. The number of hydrogen-bond donors (Lipinski definition) is 1. The molecular formula is C10H11ClF3NO2S. The highest BCUT2D eigenvalue weighted by Gasteiger charge is 2.26. The van der Waals surface area contributed by atoms with E-state index in [1.165, 1.54) is 6.92 Å². The van der Waals surface area contributed by atoms with Crippen molar-refractivity contribution in [3.8, 4) is 0 Å². The SMILES string of the molecule is CC(CCCl)NS(=O)(=O)c1c(F)cc(F)cc1F. The number of alkyl halides is 1. The van der Waals surface area contributed by atoms with Gasteiger partial charge in [0.25, 0.3) is 0 Å². The molecule has 0 aliphatic carbocycles. The van der Waals surface area contributed by atoms with Crippen LogP contribution in [-0.4, -0.2) is 20.3 Å². The molecule has 0 aromatic heterocycles. The van der Waals surface area contributed by atoms with E-state index in [2.05, 4.69) is 4.72 Å². The van der Waals surface area contributed by atoms with Gasteiger partial charge in [0.15, 0.2) is 4.90 Å². The summed E-state index contributed by atoms with van der Waals surface area (Å²) in [6, 6.07) is 0.0321. The Kier molecular flexibility index (Phi) is 5.01. The van der Waals surface area contributed by atoms with E-state index in [4.69, 9.17) is 11.6 Å². The van der Waals surface area contributed by atoms with Gasteiger partial charge in [-0.05, 0) is 13.3 Å². The topological polar surface area (TPSA) is 46.2 Å². The second-order valence-electron chi connectivity index (χ2n) is 3.70. The van der Waals surface area contributed by atoms with Crippen molar-refractivity contribution in [3.63, 3.8) is 0 Å². The average Bonchev–Trinajstić information content (AvgIpc) is 2.13. The predicted molar refractivity (Wildman–Crippen MR) is 61.4 cm³/mol. The lowest BCUT2D eigenvalue weighted by Gasteiger charge is -2.13. The Morgan fingerprint density at radius 2 is 1.78 bits per heavy atom. The summed E-state index contributed by atoms with van der Waals surface area (Å²) in [5.74, 6) is -3.94. The molecule has 1 aromatic rings. The maximum atomic E-state index is 13.3. The van der Waals surface area contributed by atoms with Gasteiger partial charge < -0.3 is 0 Å². The molecule has 3 nitrogen and oxygen atoms in total. The van der Waals surface area contributed by atoms with Crippen LogP contribution in [0.5, 0.6) is 0 Å². The molecule has 0 amide bonds. The molecule has 1 rings (SSSR count). The van der Waals surface area contributed by atoms with Crippen LogP contribution in [0.15, 0.2) is 17.0 Å². The van der Waals surface area contributed by atoms with Crippen LogP contribution in [0.3, 0.4) is 0 Å². The van der Waals surface area contributed by atoms with E-state index in [0.29, 0.717) is 18.6 Å². The predicted octanol–water partition coefficient (Wildman–Crippen LogP) is 2.40. The first-order chi connectivity index (χ1) is 8.27. The van der Waals surface area contributed by atoms with Crippen molar-refractivity contribution in [2.24, 2.45) is 0 Å². The molecule has 0 saturated carbocycles. The highest BCUT2D eigenvalue weighted by atomic mass is 35.5. The van der Waals surface area contributed by atoms with Crippen LogP contribution in [-0.2, 0) is 10.0 Å². The zero-order valence-corrected chi connectivity index (χ0v) is 11.0. The van der Waals surface area contributed by atoms with Crippen LogP contribution in [0.1, 0.15) is 13.3 Å². The molecule has 8 heteroatoms. The van der Waals surface area contributed by atoms with Gasteiger partial charge in [-0.1, -0.05) is 0 Å². The standard InChI is InChI=1S/C10H11ClF3NO2S/c1-6(2-3-11)15-18(16,17)10-8(13)4-7(12)5-9(10)14/h4-6,15H,2-3H2,1H3. The Bertz CT molecular complexity index is 513. The minimum absolute atomic E-state index is 0.193. The van der Waals surface area contributed by atoms with Crippen molar-refractivity contribution in [2.45, 2.75) is 24.3 Å². The summed E-state index contributed by atoms with van der Waals surface area (Å²) in [5, 5.41) is 0. The van der Waals surface area contributed by atoms with E-state index < -0.39 is 38.4 Å². The second-order valence-corrected chi connectivity index (χ2v) is 5.73. The summed E-state index contributed by atoms with van der Waals surface area (Å²) >= 11 is 5.42. The summed E-state index contributed by atoms with van der Waals surface area (Å²) < 4.78 is 64.8. The maximum absolute atomic E-state index is 13.3. The molecule has 1 aromatic carbocycles. The van der Waals surface area contributed by atoms with E-state index >= 15 is 0 Å². The molecule has 0 heterocycles. The smallest absolute Gasteiger partial charge is 0.208 e. The van der Waals surface area contributed by atoms with Crippen LogP contribution in [0, 0.1) is 17.5 Å². The van der Waals surface area contributed by atoms with E-state index in [0.717, 1.165) is 0 Å². The minimum Gasteiger partial charge on any atom is -0.208 e. The summed E-state index contributed by atoms with van der Waals surface area (Å²) in [7, 11) is -4.39. The number of nitrogens with one attached hydrogen (secondary N) is 1. The maximum Gasteiger partial charge on any atom is 0.246 e. The molecule has 102 valence electrons. The first kappa shape index (κ1) is 15.3. The lowest BCUT2D eigenvalue weighted by molar-refractivity contribution is 0.489. The molecule has 1 atom stereocenters. The zero-order valence-electron chi connectivity index (χ0n) is 9.38. The molecule has 0 saturated heterocycles. The van der Waals surface area contributed by atoms with Gasteiger partial charge in [-0.25, -0.2) is 26.3 Å². The summed E-state index contributed by atoms with van der Waals surface area (Å²) in [4.78, 5) is -1.19. The van der Waals surface area contributed by atoms with Gasteiger partial charge in [0.2, 0.25) is 10.0 Å². The van der Waals surface area contributed by atoms with Crippen molar-refractivity contribution in [1.29, 1.82) is 0 Å². The fourth-order valence-corrected chi connectivity index (χ4v) is 3.06. The Hall–Kier alpha value is -0.790. The van der Waals surface area contributed by atoms with Crippen molar-refractivity contribution in [2.75, 3.05) is 5.88 Å². The van der Waals surface area contributed by atoms with Crippen molar-refractivity contribution < 1.29 is 21.6 Å². The molecule has 0 fully saturated rings. The number of benzene rings is 1. The number of hydrogen-bond acceptors (Lipinski definition) is 2. The fourth-order valence-electron chi connectivity index (χ4n) is 1.33. The Balaban J connectivity index is 3.13. The molecule has 0 bridgehead atoms. The van der Waals surface area contributed by atoms with E-state index in [-0.39, 0.29) is 5.88 Å². The van der Waals surface area contributed by atoms with Crippen LogP contribution in [0.4, 0.5) is 13.2 Å². The van der Waals surface area contributed by atoms with Gasteiger partial charge in [0.1, 0.15) is 17.5 Å². The van der Waals surface area contributed by atoms with Crippen LogP contribution >= 0.6 is 11.6 Å². The lowest BCUT2D eigenvalue weighted by Crippen LogP contribution is -2.34. The largest absolute Gasteiger partial charge is 0.246 e. The van der Waals surface area contributed by atoms with Gasteiger partial charge in [-0.15, -0.1) is 11.6 Å². The lowest BCUT2D eigenvalue weighted by atomic mass is 10.3. The number of halogens is 4. The number of sulfonamides is 1. The Morgan fingerprint density at radius 3 is 2.22 bits per heavy atom. The van der Waals surface area contributed by atoms with Crippen LogP contribution in [0.25, 0.3) is 0 Å². The third kappa shape index (κ3) is 3.60. The van der Waals surface area contributed by atoms with Crippen molar-refractivity contribution >= 4 is 21.6 Å². The monoisotopic (exact) mass is 301 g/mol. The molecular weight excluding hydrogens is 291 g/mol. The first-order valence-corrected chi connectivity index (χ1v) is 7.02. The first-order valence-electron chi connectivity index (χ1n) is 5.00. The third-order valence-electron chi connectivity index (χ3n) is 2.13. The highest BCUT2D eigenvalue weighted by molar-refractivity contribution is 7.89. The van der Waals surface area contributed by atoms with Crippen LogP contribution in [0.2, 0.25) is 0 Å². The Morgan fingerprint density at radius 1 is 1.28 bits per heavy atom. The molecule has 1 unspecified atom stereocenters. The molecule has 0 radical (unpaired) electrons. The average molecular weight is 302 g/mol. The fraction of sp³-hybridized carbons (Fsp3) is 0.400. The summed E-state index contributed by atoms with van der Waals surface area (Å²) in [6.07, 6.45) is 0.297. The van der Waals surface area contributed by atoms with E-state index in [1.807, 2.05) is 0 Å². The molecule has 0 aliphatic heterocycles. The Labute approximate surface area is 108 Å². The molecule has 0 spiro atoms. The third-order valence-corrected chi connectivity index (χ3v) is 3.99. The van der Waals surface area contributed by atoms with Gasteiger partial charge in [0.05, 0.1) is 0 Å². The normalized spacial score (nSPS) is 13.6. The quantitative estimate of drug-likeness (QED) is 0.849. The highest BCUT2D eigenvalue weighted by Crippen LogP contribution is 2.20. The van der Waals surface area contributed by atoms with Gasteiger partial charge >= 0.3 is 0 Å². The van der Waals surface area contributed by atoms with Crippen molar-refractivity contribution in [1.82, 2.24) is 4.72 Å². The zero-order chi connectivity index (χ0) is 13.9. The molecule has 1 N–H and O–H groups in total. The van der Waals surface area contributed by atoms with Gasteiger partial charge in [0, 0.05) is 24.1 Å². The second kappa shape index (κ2) is 5.90. The van der Waals surface area contributed by atoms with Crippen LogP contribution < -0.4 is 4.72 Å². The van der Waals surface area contributed by atoms with E-state index in [9.17, 15) is 21.6 Å². The molecule has 0 aliphatic rings. The van der Waals surface area contributed by atoms with Gasteiger partial charge in [-0.3, -0.25) is 0 Å². The summed E-state index contributed by atoms with van der Waals surface area (Å²) in [6.45, 7) is 1.50. The van der Waals surface area contributed by atoms with Crippen molar-refractivity contribution in [3.05, 3.63) is 29.6 Å². The number of rotatable bonds is 5. The summed E-state index contributed by atoms with van der Waals surface area (Å²) in [5.41, 5.74) is 0. The molecule has 18 heavy (non-hydrogen) atoms. The van der Waals surface area contributed by atoms with E-state index in [1.54, 1.807) is 0 Å². The van der Waals surface area contributed by atoms with Gasteiger partial charge in [-0.2, -0.15) is 0 Å².